The molecular weight excluding hydrogens is 254 g/mol. The number of carboxylic acids is 1. The number of amides is 1. The van der Waals surface area contributed by atoms with Crippen LogP contribution in [-0.4, -0.2) is 28.4 Å². The minimum absolute atomic E-state index is 0.0520. The first-order valence-corrected chi connectivity index (χ1v) is 7.19. The van der Waals surface area contributed by atoms with Gasteiger partial charge in [0.05, 0.1) is 12.0 Å². The Balaban J connectivity index is 2.35. The summed E-state index contributed by atoms with van der Waals surface area (Å²) in [4.78, 5) is 25.2. The summed E-state index contributed by atoms with van der Waals surface area (Å²) in [7, 11) is 0. The first kappa shape index (κ1) is 14.6. The number of likely N-dealkylation sites (tertiary alicyclic amines) is 1. The number of rotatable bonds is 5. The lowest BCUT2D eigenvalue weighted by molar-refractivity contribution is -0.142. The molecule has 1 N–H and O–H groups in total. The van der Waals surface area contributed by atoms with E-state index in [2.05, 4.69) is 6.92 Å². The van der Waals surface area contributed by atoms with Gasteiger partial charge in [-0.2, -0.15) is 0 Å². The fourth-order valence-corrected chi connectivity index (χ4v) is 2.88. The molecular formula is C16H21NO3. The van der Waals surface area contributed by atoms with Gasteiger partial charge in [-0.25, -0.2) is 0 Å². The Morgan fingerprint density at radius 3 is 2.45 bits per heavy atom. The number of carbonyl (C=O) groups is 2. The molecule has 1 fully saturated rings. The molecule has 2 rings (SSSR count). The number of carbonyl (C=O) groups excluding carboxylic acids is 1. The second kappa shape index (κ2) is 6.07. The maximum Gasteiger partial charge on any atom is 0.309 e. The third-order valence-corrected chi connectivity index (χ3v) is 3.94. The number of benzene rings is 1. The summed E-state index contributed by atoms with van der Waals surface area (Å²) in [5.41, 5.74) is 2.14. The molecule has 20 heavy (non-hydrogen) atoms. The van der Waals surface area contributed by atoms with E-state index in [-0.39, 0.29) is 18.4 Å². The van der Waals surface area contributed by atoms with Crippen molar-refractivity contribution in [2.45, 2.75) is 39.2 Å². The first-order valence-electron chi connectivity index (χ1n) is 7.19. The maximum atomic E-state index is 12.0. The van der Waals surface area contributed by atoms with E-state index < -0.39 is 11.9 Å². The monoisotopic (exact) mass is 275 g/mol. The second-order valence-corrected chi connectivity index (χ2v) is 5.28. The van der Waals surface area contributed by atoms with Crippen molar-refractivity contribution in [3.63, 3.8) is 0 Å². The van der Waals surface area contributed by atoms with Gasteiger partial charge in [-0.1, -0.05) is 38.1 Å². The molecule has 0 spiro atoms. The normalized spacial score (nSPS) is 22.3. The van der Waals surface area contributed by atoms with Gasteiger partial charge in [0.15, 0.2) is 0 Å². The molecule has 1 heterocycles. The zero-order valence-corrected chi connectivity index (χ0v) is 12.0. The quantitative estimate of drug-likeness (QED) is 0.898. The summed E-state index contributed by atoms with van der Waals surface area (Å²) < 4.78 is 0. The number of hydrogen-bond acceptors (Lipinski definition) is 2. The van der Waals surface area contributed by atoms with Gasteiger partial charge in [-0.15, -0.1) is 0 Å². The molecule has 1 aromatic rings. The van der Waals surface area contributed by atoms with Gasteiger partial charge in [0, 0.05) is 13.0 Å². The molecule has 2 unspecified atom stereocenters. The molecule has 1 aromatic carbocycles. The molecule has 0 saturated carbocycles. The lowest BCUT2D eigenvalue weighted by Gasteiger charge is -2.27. The predicted molar refractivity (Wildman–Crippen MR) is 76.3 cm³/mol. The minimum atomic E-state index is -0.887. The van der Waals surface area contributed by atoms with Crippen LogP contribution in [-0.2, 0) is 16.0 Å². The molecule has 4 nitrogen and oxygen atoms in total. The van der Waals surface area contributed by atoms with Crippen LogP contribution in [0.3, 0.4) is 0 Å². The summed E-state index contributed by atoms with van der Waals surface area (Å²) >= 11 is 0. The Bertz CT molecular complexity index is 495. The highest BCUT2D eigenvalue weighted by Crippen LogP contribution is 2.38. The van der Waals surface area contributed by atoms with E-state index in [0.29, 0.717) is 6.54 Å². The fourth-order valence-electron chi connectivity index (χ4n) is 2.88. The summed E-state index contributed by atoms with van der Waals surface area (Å²) in [5.74, 6) is -1.58. The molecule has 108 valence electrons. The average molecular weight is 275 g/mol. The van der Waals surface area contributed by atoms with Crippen molar-refractivity contribution in [3.05, 3.63) is 35.4 Å². The molecule has 0 radical (unpaired) electrons. The number of aryl methyl sites for hydroxylation is 1. The molecule has 0 aromatic heterocycles. The SMILES string of the molecule is CCCN1C(=O)CC(C(=O)O)C1c1ccc(CC)cc1. The largest absolute Gasteiger partial charge is 0.481 e. The van der Waals surface area contributed by atoms with Gasteiger partial charge in [-0.3, -0.25) is 9.59 Å². The van der Waals surface area contributed by atoms with Crippen LogP contribution in [0, 0.1) is 5.92 Å². The van der Waals surface area contributed by atoms with Crippen molar-refractivity contribution >= 4 is 11.9 Å². The van der Waals surface area contributed by atoms with Crippen molar-refractivity contribution in [3.8, 4) is 0 Å². The third-order valence-electron chi connectivity index (χ3n) is 3.94. The summed E-state index contributed by atoms with van der Waals surface area (Å²) in [6.45, 7) is 4.69. The Kier molecular flexibility index (Phi) is 4.42. The number of aliphatic carboxylic acids is 1. The van der Waals surface area contributed by atoms with Gasteiger partial charge < -0.3 is 10.0 Å². The number of hydrogen-bond donors (Lipinski definition) is 1. The van der Waals surface area contributed by atoms with Crippen molar-refractivity contribution in [1.29, 1.82) is 0 Å². The molecule has 1 aliphatic heterocycles. The summed E-state index contributed by atoms with van der Waals surface area (Å²) in [6, 6.07) is 7.62. The maximum absolute atomic E-state index is 12.0. The van der Waals surface area contributed by atoms with Crippen LogP contribution in [0.15, 0.2) is 24.3 Å². The highest BCUT2D eigenvalue weighted by atomic mass is 16.4. The average Bonchev–Trinajstić information content (AvgIpc) is 2.77. The van der Waals surface area contributed by atoms with Gasteiger partial charge in [0.1, 0.15) is 0 Å². The van der Waals surface area contributed by atoms with Crippen molar-refractivity contribution in [2.75, 3.05) is 6.54 Å². The zero-order chi connectivity index (χ0) is 14.7. The minimum Gasteiger partial charge on any atom is -0.481 e. The summed E-state index contributed by atoms with van der Waals surface area (Å²) in [5, 5.41) is 9.37. The van der Waals surface area contributed by atoms with Crippen LogP contribution < -0.4 is 0 Å². The van der Waals surface area contributed by atoms with Crippen LogP contribution in [0.2, 0.25) is 0 Å². The van der Waals surface area contributed by atoms with Crippen LogP contribution >= 0.6 is 0 Å². The van der Waals surface area contributed by atoms with Gasteiger partial charge in [-0.05, 0) is 24.0 Å². The molecule has 1 saturated heterocycles. The topological polar surface area (TPSA) is 57.6 Å². The molecule has 4 heteroatoms. The lowest BCUT2D eigenvalue weighted by Crippen LogP contribution is -2.31. The van der Waals surface area contributed by atoms with Crippen molar-refractivity contribution < 1.29 is 14.7 Å². The van der Waals surface area contributed by atoms with Crippen LogP contribution in [0.25, 0.3) is 0 Å². The van der Waals surface area contributed by atoms with Crippen LogP contribution in [0.5, 0.6) is 0 Å². The molecule has 1 aliphatic rings. The van der Waals surface area contributed by atoms with Crippen LogP contribution in [0.4, 0.5) is 0 Å². The first-order chi connectivity index (χ1) is 9.58. The number of carboxylic acid groups (broad SMARTS) is 1. The third kappa shape index (κ3) is 2.69. The Labute approximate surface area is 119 Å². The van der Waals surface area contributed by atoms with Crippen molar-refractivity contribution in [2.24, 2.45) is 5.92 Å². The highest BCUT2D eigenvalue weighted by molar-refractivity contribution is 5.87. The highest BCUT2D eigenvalue weighted by Gasteiger charge is 2.44. The Hall–Kier alpha value is -1.84. The van der Waals surface area contributed by atoms with E-state index in [4.69, 9.17) is 0 Å². The lowest BCUT2D eigenvalue weighted by atomic mass is 9.93. The molecule has 0 aliphatic carbocycles. The second-order valence-electron chi connectivity index (χ2n) is 5.28. The van der Waals surface area contributed by atoms with Gasteiger partial charge in [0.25, 0.3) is 0 Å². The zero-order valence-electron chi connectivity index (χ0n) is 12.0. The van der Waals surface area contributed by atoms with E-state index in [1.807, 2.05) is 31.2 Å². The Morgan fingerprint density at radius 1 is 1.30 bits per heavy atom. The van der Waals surface area contributed by atoms with E-state index in [1.165, 1.54) is 5.56 Å². The standard InChI is InChI=1S/C16H21NO3/c1-3-9-17-14(18)10-13(16(19)20)15(17)12-7-5-11(4-2)6-8-12/h5-8,13,15H,3-4,9-10H2,1-2H3,(H,19,20). The van der Waals surface area contributed by atoms with E-state index in [9.17, 15) is 14.7 Å². The fraction of sp³-hybridized carbons (Fsp3) is 0.500. The predicted octanol–water partition coefficient (Wildman–Crippen LogP) is 2.63. The Morgan fingerprint density at radius 2 is 1.95 bits per heavy atom. The van der Waals surface area contributed by atoms with E-state index >= 15 is 0 Å². The molecule has 1 amide bonds. The van der Waals surface area contributed by atoms with Gasteiger partial charge in [0.2, 0.25) is 5.91 Å². The molecule has 0 bridgehead atoms. The smallest absolute Gasteiger partial charge is 0.309 e. The summed E-state index contributed by atoms with van der Waals surface area (Å²) in [6.07, 6.45) is 1.89. The van der Waals surface area contributed by atoms with Gasteiger partial charge >= 0.3 is 5.97 Å². The number of nitrogens with zero attached hydrogens (tertiary/aromatic N) is 1. The molecule has 2 atom stereocenters. The van der Waals surface area contributed by atoms with E-state index in [0.717, 1.165) is 18.4 Å². The van der Waals surface area contributed by atoms with Crippen molar-refractivity contribution in [1.82, 2.24) is 4.90 Å². The van der Waals surface area contributed by atoms with E-state index in [1.54, 1.807) is 4.90 Å². The van der Waals surface area contributed by atoms with Crippen LogP contribution in [0.1, 0.15) is 43.9 Å².